The minimum absolute atomic E-state index is 0.236. The van der Waals surface area contributed by atoms with Gasteiger partial charge in [-0.15, -0.1) is 5.10 Å². The minimum atomic E-state index is -0.946. The van der Waals surface area contributed by atoms with E-state index in [4.69, 9.17) is 4.42 Å². The van der Waals surface area contributed by atoms with Gasteiger partial charge in [0.2, 0.25) is 0 Å². The lowest BCUT2D eigenvalue weighted by Crippen LogP contribution is -2.46. The molecule has 1 fully saturated rings. The monoisotopic (exact) mass is 354 g/mol. The van der Waals surface area contributed by atoms with Gasteiger partial charge in [0.1, 0.15) is 22.6 Å². The molecule has 4 rings (SSSR count). The Morgan fingerprint density at radius 1 is 1.31 bits per heavy atom. The number of nitrogens with zero attached hydrogens (tertiary/aromatic N) is 4. The molecule has 0 amide bonds. The molecule has 1 N–H and O–H groups in total. The third-order valence-electron chi connectivity index (χ3n) is 5.35. The average molecular weight is 354 g/mol. The highest BCUT2D eigenvalue weighted by molar-refractivity contribution is 5.82. The Kier molecular flexibility index (Phi) is 4.32. The lowest BCUT2D eigenvalue weighted by Gasteiger charge is -2.38. The minimum Gasteiger partial charge on any atom is -0.461 e. The number of hydrogen-bond donors (Lipinski definition) is 1. The lowest BCUT2D eigenvalue weighted by atomic mass is 9.89. The van der Waals surface area contributed by atoms with E-state index in [2.05, 4.69) is 35.1 Å². The second-order valence-corrected chi connectivity index (χ2v) is 7.66. The van der Waals surface area contributed by atoms with Crippen LogP contribution in [-0.4, -0.2) is 38.1 Å². The number of aromatic nitrogens is 3. The largest absolute Gasteiger partial charge is 0.461 e. The number of aryl methyl sites for hydroxylation is 1. The van der Waals surface area contributed by atoms with Crippen molar-refractivity contribution in [2.45, 2.75) is 51.8 Å². The molecule has 0 aliphatic carbocycles. The van der Waals surface area contributed by atoms with Gasteiger partial charge < -0.3 is 9.52 Å². The lowest BCUT2D eigenvalue weighted by molar-refractivity contribution is -0.0414. The van der Waals surface area contributed by atoms with Crippen molar-refractivity contribution in [3.05, 3.63) is 47.5 Å². The summed E-state index contributed by atoms with van der Waals surface area (Å²) in [5.74, 6) is 0.950. The Morgan fingerprint density at radius 2 is 2.12 bits per heavy atom. The number of para-hydroxylation sites is 1. The predicted molar refractivity (Wildman–Crippen MR) is 99.8 cm³/mol. The first-order valence-corrected chi connectivity index (χ1v) is 9.30. The molecule has 0 saturated carbocycles. The summed E-state index contributed by atoms with van der Waals surface area (Å²) in [6, 6.07) is 8.37. The molecule has 1 aliphatic rings. The van der Waals surface area contributed by atoms with E-state index >= 15 is 0 Å². The fourth-order valence-electron chi connectivity index (χ4n) is 3.85. The number of furan rings is 1. The summed E-state index contributed by atoms with van der Waals surface area (Å²) < 4.78 is 7.70. The van der Waals surface area contributed by atoms with E-state index in [9.17, 15) is 5.11 Å². The summed E-state index contributed by atoms with van der Waals surface area (Å²) in [7, 11) is 0. The van der Waals surface area contributed by atoms with E-state index in [1.807, 2.05) is 31.3 Å². The van der Waals surface area contributed by atoms with Crippen LogP contribution in [0.1, 0.15) is 49.7 Å². The van der Waals surface area contributed by atoms with Gasteiger partial charge in [0.15, 0.2) is 0 Å². The predicted octanol–water partition coefficient (Wildman–Crippen LogP) is 3.40. The highest BCUT2D eigenvalue weighted by Crippen LogP contribution is 2.33. The smallest absolute Gasteiger partial charge is 0.134 e. The summed E-state index contributed by atoms with van der Waals surface area (Å²) >= 11 is 0. The molecule has 3 heterocycles. The van der Waals surface area contributed by atoms with E-state index in [0.29, 0.717) is 18.7 Å². The van der Waals surface area contributed by atoms with Crippen molar-refractivity contribution in [3.63, 3.8) is 0 Å². The number of aliphatic hydroxyl groups is 1. The number of hydrogen-bond acceptors (Lipinski definition) is 5. The molecule has 0 radical (unpaired) electrons. The van der Waals surface area contributed by atoms with Crippen LogP contribution < -0.4 is 0 Å². The average Bonchev–Trinajstić information content (AvgIpc) is 3.22. The number of piperidine rings is 1. The van der Waals surface area contributed by atoms with Crippen LogP contribution in [0.25, 0.3) is 11.0 Å². The van der Waals surface area contributed by atoms with Gasteiger partial charge in [-0.2, -0.15) is 0 Å². The maximum Gasteiger partial charge on any atom is 0.134 e. The molecule has 1 atom stereocenters. The number of likely N-dealkylation sites (tertiary alicyclic amines) is 1. The Morgan fingerprint density at radius 3 is 2.88 bits per heavy atom. The maximum absolute atomic E-state index is 11.2. The Bertz CT molecular complexity index is 914. The number of rotatable bonds is 4. The van der Waals surface area contributed by atoms with E-state index in [1.165, 1.54) is 5.56 Å². The zero-order chi connectivity index (χ0) is 18.3. The van der Waals surface area contributed by atoms with Gasteiger partial charge in [0.25, 0.3) is 0 Å². The molecule has 0 bridgehead atoms. The first kappa shape index (κ1) is 17.2. The van der Waals surface area contributed by atoms with Crippen LogP contribution in [0.4, 0.5) is 0 Å². The van der Waals surface area contributed by atoms with Crippen LogP contribution in [-0.2, 0) is 12.1 Å². The summed E-state index contributed by atoms with van der Waals surface area (Å²) in [5.41, 5.74) is 1.85. The Labute approximate surface area is 153 Å². The number of β-amino-alcohol motifs (C(OH)–C–C–N with tert-alkyl or cyclic N) is 1. The van der Waals surface area contributed by atoms with Crippen LogP contribution in [0.15, 0.2) is 34.9 Å². The van der Waals surface area contributed by atoms with Crippen molar-refractivity contribution in [3.8, 4) is 0 Å². The highest BCUT2D eigenvalue weighted by Gasteiger charge is 2.38. The van der Waals surface area contributed by atoms with Crippen LogP contribution in [0.5, 0.6) is 0 Å². The second-order valence-electron chi connectivity index (χ2n) is 7.66. The Balaban J connectivity index is 1.57. The van der Waals surface area contributed by atoms with Crippen molar-refractivity contribution < 1.29 is 9.52 Å². The fourth-order valence-corrected chi connectivity index (χ4v) is 3.85. The van der Waals surface area contributed by atoms with Crippen LogP contribution in [0.2, 0.25) is 0 Å². The van der Waals surface area contributed by atoms with E-state index in [-0.39, 0.29) is 6.04 Å². The van der Waals surface area contributed by atoms with Crippen LogP contribution in [0.3, 0.4) is 0 Å². The summed E-state index contributed by atoms with van der Waals surface area (Å²) in [5, 5.41) is 20.8. The number of benzene rings is 1. The van der Waals surface area contributed by atoms with Crippen molar-refractivity contribution >= 4 is 11.0 Å². The highest BCUT2D eigenvalue weighted by atomic mass is 16.3. The molecule has 1 aromatic carbocycles. The first-order chi connectivity index (χ1) is 12.5. The van der Waals surface area contributed by atoms with Gasteiger partial charge >= 0.3 is 0 Å². The molecular formula is C20H26N4O2. The van der Waals surface area contributed by atoms with Crippen LogP contribution in [0, 0.1) is 6.92 Å². The van der Waals surface area contributed by atoms with Gasteiger partial charge in [0.05, 0.1) is 6.20 Å². The molecule has 6 nitrogen and oxygen atoms in total. The summed E-state index contributed by atoms with van der Waals surface area (Å²) in [4.78, 5) is 2.29. The van der Waals surface area contributed by atoms with Gasteiger partial charge in [-0.3, -0.25) is 4.90 Å². The Hall–Kier alpha value is -2.18. The van der Waals surface area contributed by atoms with Gasteiger partial charge in [-0.05, 0) is 46.2 Å². The zero-order valence-corrected chi connectivity index (χ0v) is 15.6. The SMILES string of the molecule is Cc1oc2ccccc2c1CN1CCC[C@@](O)(c2cn(C(C)C)nn2)C1. The molecule has 6 heteroatoms. The third kappa shape index (κ3) is 3.04. The van der Waals surface area contributed by atoms with E-state index in [0.717, 1.165) is 36.2 Å². The molecule has 1 aliphatic heterocycles. The van der Waals surface area contributed by atoms with Crippen molar-refractivity contribution in [1.29, 1.82) is 0 Å². The zero-order valence-electron chi connectivity index (χ0n) is 15.6. The standard InChI is InChI=1S/C20H26N4O2/c1-14(2)24-12-19(21-22-24)20(25)9-6-10-23(13-20)11-17-15(3)26-18-8-5-4-7-16(17)18/h4-5,7-8,12,14,25H,6,9-11,13H2,1-3H3/t20-/m0/s1. The normalized spacial score (nSPS) is 21.7. The molecule has 2 aromatic heterocycles. The summed E-state index contributed by atoms with van der Waals surface area (Å²) in [6.45, 7) is 8.41. The topological polar surface area (TPSA) is 67.3 Å². The number of fused-ring (bicyclic) bond motifs is 1. The van der Waals surface area contributed by atoms with Crippen molar-refractivity contribution in [2.24, 2.45) is 0 Å². The third-order valence-corrected chi connectivity index (χ3v) is 5.35. The second kappa shape index (κ2) is 6.52. The molecule has 26 heavy (non-hydrogen) atoms. The molecule has 3 aromatic rings. The maximum atomic E-state index is 11.2. The molecule has 0 spiro atoms. The first-order valence-electron chi connectivity index (χ1n) is 9.30. The molecule has 1 saturated heterocycles. The van der Waals surface area contributed by atoms with Gasteiger partial charge in [0, 0.05) is 30.1 Å². The van der Waals surface area contributed by atoms with Gasteiger partial charge in [-0.1, -0.05) is 23.4 Å². The van der Waals surface area contributed by atoms with Crippen LogP contribution >= 0.6 is 0 Å². The van der Waals surface area contributed by atoms with Crippen molar-refractivity contribution in [2.75, 3.05) is 13.1 Å². The van der Waals surface area contributed by atoms with E-state index in [1.54, 1.807) is 4.68 Å². The van der Waals surface area contributed by atoms with E-state index < -0.39 is 5.60 Å². The molecular weight excluding hydrogens is 328 g/mol. The van der Waals surface area contributed by atoms with Gasteiger partial charge in [-0.25, -0.2) is 4.68 Å². The fraction of sp³-hybridized carbons (Fsp3) is 0.500. The molecule has 138 valence electrons. The molecule has 0 unspecified atom stereocenters. The van der Waals surface area contributed by atoms with Crippen molar-refractivity contribution in [1.82, 2.24) is 19.9 Å². The quantitative estimate of drug-likeness (QED) is 0.778. The summed E-state index contributed by atoms with van der Waals surface area (Å²) in [6.07, 6.45) is 3.53.